The summed E-state index contributed by atoms with van der Waals surface area (Å²) in [7, 11) is 0. The molecular formula is C20H20N4O2S. The zero-order chi connectivity index (χ0) is 18.8. The fourth-order valence-corrected chi connectivity index (χ4v) is 3.45. The van der Waals surface area contributed by atoms with Crippen molar-refractivity contribution < 1.29 is 9.59 Å². The van der Waals surface area contributed by atoms with Gasteiger partial charge in [0.05, 0.1) is 28.0 Å². The molecule has 0 atom stereocenters. The van der Waals surface area contributed by atoms with Crippen LogP contribution in [-0.4, -0.2) is 33.6 Å². The van der Waals surface area contributed by atoms with E-state index in [4.69, 9.17) is 0 Å². The Morgan fingerprint density at radius 2 is 2.04 bits per heavy atom. The fraction of sp³-hybridized carbons (Fsp3) is 0.250. The summed E-state index contributed by atoms with van der Waals surface area (Å²) in [6.07, 6.45) is 2.04. The molecule has 3 aromatic rings. The van der Waals surface area contributed by atoms with Crippen LogP contribution in [0.1, 0.15) is 28.8 Å². The van der Waals surface area contributed by atoms with E-state index < -0.39 is 0 Å². The number of nitrogens with one attached hydrogen (secondary N) is 3. The van der Waals surface area contributed by atoms with Crippen molar-refractivity contribution >= 4 is 40.3 Å². The van der Waals surface area contributed by atoms with E-state index in [2.05, 4.69) is 20.6 Å². The van der Waals surface area contributed by atoms with E-state index in [1.54, 1.807) is 24.3 Å². The number of hydrogen-bond donors (Lipinski definition) is 3. The number of fused-ring (bicyclic) bond motifs is 1. The van der Waals surface area contributed by atoms with Gasteiger partial charge in [-0.1, -0.05) is 30.0 Å². The lowest BCUT2D eigenvalue weighted by Crippen LogP contribution is -2.27. The molecule has 0 spiro atoms. The first-order chi connectivity index (χ1) is 13.1. The number of aromatic amines is 1. The number of rotatable bonds is 6. The van der Waals surface area contributed by atoms with Crippen molar-refractivity contribution in [2.75, 3.05) is 11.1 Å². The van der Waals surface area contributed by atoms with E-state index >= 15 is 0 Å². The summed E-state index contributed by atoms with van der Waals surface area (Å²) in [4.78, 5) is 32.4. The number of imidazole rings is 1. The summed E-state index contributed by atoms with van der Waals surface area (Å²) in [5.41, 5.74) is 4.01. The van der Waals surface area contributed by atoms with Gasteiger partial charge in [0.1, 0.15) is 0 Å². The highest BCUT2D eigenvalue weighted by molar-refractivity contribution is 7.99. The van der Waals surface area contributed by atoms with Crippen LogP contribution in [0.5, 0.6) is 0 Å². The molecule has 0 saturated heterocycles. The maximum absolute atomic E-state index is 12.4. The van der Waals surface area contributed by atoms with Gasteiger partial charge in [-0.15, -0.1) is 0 Å². The number of carbonyl (C=O) groups excluding carboxylic acids is 2. The van der Waals surface area contributed by atoms with E-state index in [0.29, 0.717) is 16.4 Å². The number of amides is 2. The second-order valence-corrected chi connectivity index (χ2v) is 7.66. The van der Waals surface area contributed by atoms with Gasteiger partial charge in [0, 0.05) is 6.04 Å². The molecule has 1 fully saturated rings. The Morgan fingerprint density at radius 1 is 1.22 bits per heavy atom. The summed E-state index contributed by atoms with van der Waals surface area (Å²) in [6, 6.07) is 13.3. The van der Waals surface area contributed by atoms with Gasteiger partial charge in [-0.2, -0.15) is 0 Å². The third-order valence-electron chi connectivity index (χ3n) is 4.31. The number of thioether (sulfide) groups is 1. The highest BCUT2D eigenvalue weighted by Gasteiger charge is 2.25. The minimum Gasteiger partial charge on any atom is -0.349 e. The lowest BCUT2D eigenvalue weighted by Gasteiger charge is -2.10. The van der Waals surface area contributed by atoms with E-state index in [9.17, 15) is 9.59 Å². The molecule has 1 aromatic heterocycles. The van der Waals surface area contributed by atoms with E-state index in [-0.39, 0.29) is 23.6 Å². The summed E-state index contributed by atoms with van der Waals surface area (Å²) >= 11 is 1.34. The van der Waals surface area contributed by atoms with Crippen molar-refractivity contribution in [3.63, 3.8) is 0 Å². The highest BCUT2D eigenvalue weighted by atomic mass is 32.2. The first kappa shape index (κ1) is 17.6. The Hall–Kier alpha value is -2.80. The first-order valence-electron chi connectivity index (χ1n) is 8.87. The average Bonchev–Trinajstić information content (AvgIpc) is 3.37. The van der Waals surface area contributed by atoms with Crippen LogP contribution >= 0.6 is 11.8 Å². The molecule has 0 radical (unpaired) electrons. The van der Waals surface area contributed by atoms with E-state index in [1.165, 1.54) is 11.8 Å². The Bertz CT molecular complexity index is 1010. The maximum atomic E-state index is 12.4. The predicted molar refractivity (Wildman–Crippen MR) is 107 cm³/mol. The molecular weight excluding hydrogens is 360 g/mol. The summed E-state index contributed by atoms with van der Waals surface area (Å²) in [5.74, 6) is -0.116. The highest BCUT2D eigenvalue weighted by Crippen LogP contribution is 2.23. The average molecular weight is 380 g/mol. The lowest BCUT2D eigenvalue weighted by molar-refractivity contribution is -0.113. The lowest BCUT2D eigenvalue weighted by atomic mass is 10.1. The number of aryl methyl sites for hydroxylation is 1. The number of anilines is 1. The predicted octanol–water partition coefficient (Wildman–Crippen LogP) is 3.49. The fourth-order valence-electron chi connectivity index (χ4n) is 2.77. The van der Waals surface area contributed by atoms with Gasteiger partial charge in [0.25, 0.3) is 5.91 Å². The molecule has 27 heavy (non-hydrogen) atoms. The van der Waals surface area contributed by atoms with Gasteiger partial charge in [-0.3, -0.25) is 9.59 Å². The molecule has 3 N–H and O–H groups in total. The largest absolute Gasteiger partial charge is 0.349 e. The number of aromatic nitrogens is 2. The van der Waals surface area contributed by atoms with Crippen LogP contribution in [0, 0.1) is 6.92 Å². The molecule has 0 aliphatic heterocycles. The third kappa shape index (κ3) is 4.31. The number of para-hydroxylation sites is 1. The van der Waals surface area contributed by atoms with Crippen molar-refractivity contribution in [1.82, 2.24) is 15.3 Å². The second kappa shape index (κ2) is 7.44. The topological polar surface area (TPSA) is 86.9 Å². The number of hydrogen-bond acceptors (Lipinski definition) is 4. The van der Waals surface area contributed by atoms with Crippen molar-refractivity contribution in [2.45, 2.75) is 31.0 Å². The Kier molecular flexibility index (Phi) is 4.85. The zero-order valence-corrected chi connectivity index (χ0v) is 15.7. The number of carbonyl (C=O) groups is 2. The van der Waals surface area contributed by atoms with Crippen LogP contribution in [0.4, 0.5) is 5.69 Å². The summed E-state index contributed by atoms with van der Waals surface area (Å²) < 4.78 is 0. The summed E-state index contributed by atoms with van der Waals surface area (Å²) in [5, 5.41) is 6.49. The van der Waals surface area contributed by atoms with Crippen molar-refractivity contribution in [3.8, 4) is 0 Å². The first-order valence-corrected chi connectivity index (χ1v) is 9.86. The van der Waals surface area contributed by atoms with Crippen molar-refractivity contribution in [2.24, 2.45) is 0 Å². The minimum atomic E-state index is -0.177. The van der Waals surface area contributed by atoms with Crippen LogP contribution < -0.4 is 10.6 Å². The molecule has 138 valence electrons. The smallest absolute Gasteiger partial charge is 0.253 e. The summed E-state index contributed by atoms with van der Waals surface area (Å²) in [6.45, 7) is 2.03. The van der Waals surface area contributed by atoms with Crippen LogP contribution in [0.15, 0.2) is 47.6 Å². The van der Waals surface area contributed by atoms with Gasteiger partial charge in [0.2, 0.25) is 5.91 Å². The molecule has 1 aliphatic carbocycles. The Morgan fingerprint density at radius 3 is 2.85 bits per heavy atom. The van der Waals surface area contributed by atoms with E-state index in [0.717, 1.165) is 29.4 Å². The second-order valence-electron chi connectivity index (χ2n) is 6.69. The monoisotopic (exact) mass is 380 g/mol. The number of nitrogens with zero attached hydrogens (tertiary/aromatic N) is 1. The molecule has 2 aromatic carbocycles. The van der Waals surface area contributed by atoms with Gasteiger partial charge >= 0.3 is 0 Å². The molecule has 6 nitrogen and oxygen atoms in total. The third-order valence-corrected chi connectivity index (χ3v) is 5.19. The molecule has 1 heterocycles. The SMILES string of the molecule is Cc1ccc2nc(SCC(=O)Nc3ccccc3C(=O)NC3CC3)[nH]c2c1. The minimum absolute atomic E-state index is 0.145. The van der Waals surface area contributed by atoms with Crippen LogP contribution in [0.3, 0.4) is 0 Å². The van der Waals surface area contributed by atoms with Gasteiger partial charge in [-0.05, 0) is 49.6 Å². The number of H-pyrrole nitrogens is 1. The van der Waals surface area contributed by atoms with Gasteiger partial charge in [0.15, 0.2) is 5.16 Å². The molecule has 0 bridgehead atoms. The zero-order valence-electron chi connectivity index (χ0n) is 14.9. The molecule has 4 rings (SSSR count). The maximum Gasteiger partial charge on any atom is 0.253 e. The molecule has 0 unspecified atom stereocenters. The van der Waals surface area contributed by atoms with Crippen LogP contribution in [0.25, 0.3) is 11.0 Å². The molecule has 7 heteroatoms. The molecule has 1 saturated carbocycles. The van der Waals surface area contributed by atoms with Crippen LogP contribution in [0.2, 0.25) is 0 Å². The standard InChI is InChI=1S/C20H20N4O2S/c1-12-6-9-16-17(10-12)24-20(23-16)27-11-18(25)22-15-5-3-2-4-14(15)19(26)21-13-7-8-13/h2-6,9-10,13H,7-8,11H2,1H3,(H,21,26)(H,22,25)(H,23,24). The van der Waals surface area contributed by atoms with Crippen molar-refractivity contribution in [1.29, 1.82) is 0 Å². The van der Waals surface area contributed by atoms with Gasteiger partial charge in [-0.25, -0.2) is 4.98 Å². The van der Waals surface area contributed by atoms with E-state index in [1.807, 2.05) is 25.1 Å². The molecule has 1 aliphatic rings. The van der Waals surface area contributed by atoms with Crippen molar-refractivity contribution in [3.05, 3.63) is 53.6 Å². The Balaban J connectivity index is 1.39. The normalized spacial score (nSPS) is 13.5. The van der Waals surface area contributed by atoms with Crippen LogP contribution in [-0.2, 0) is 4.79 Å². The quantitative estimate of drug-likeness (QED) is 0.571. The van der Waals surface area contributed by atoms with Gasteiger partial charge < -0.3 is 15.6 Å². The molecule has 2 amide bonds. The Labute approximate surface area is 161 Å². The number of benzene rings is 2.